The van der Waals surface area contributed by atoms with E-state index in [1.54, 1.807) is 0 Å². The summed E-state index contributed by atoms with van der Waals surface area (Å²) in [4.78, 5) is 0. The van der Waals surface area contributed by atoms with E-state index in [1.165, 1.54) is 0 Å². The Balaban J connectivity index is 2.23. The number of hydrazone groups is 1. The Hall–Kier alpha value is -1.26. The van der Waals surface area contributed by atoms with E-state index in [4.69, 9.17) is 16.3 Å². The average molecular weight is 268 g/mol. The number of halogens is 1. The van der Waals surface area contributed by atoms with Crippen LogP contribution in [-0.2, 0) is 4.74 Å². The van der Waals surface area contributed by atoms with Crippen molar-refractivity contribution in [3.05, 3.63) is 28.8 Å². The second kappa shape index (κ2) is 6.07. The molecular formula is C13H18ClN3O. The zero-order valence-electron chi connectivity index (χ0n) is 10.7. The van der Waals surface area contributed by atoms with Crippen LogP contribution in [0, 0.1) is 0 Å². The van der Waals surface area contributed by atoms with Crippen LogP contribution in [0.4, 0.5) is 5.69 Å². The first-order valence-electron chi connectivity index (χ1n) is 6.06. The van der Waals surface area contributed by atoms with Crippen molar-refractivity contribution in [1.29, 1.82) is 0 Å². The number of hydrogen-bond donors (Lipinski definition) is 1. The molecule has 0 amide bonds. The minimum atomic E-state index is 0.723. The number of anilines is 1. The van der Waals surface area contributed by atoms with Gasteiger partial charge in [0.05, 0.1) is 32.0 Å². The highest BCUT2D eigenvalue weighted by atomic mass is 35.5. The van der Waals surface area contributed by atoms with Crippen molar-refractivity contribution in [2.24, 2.45) is 5.10 Å². The van der Waals surface area contributed by atoms with Gasteiger partial charge < -0.3 is 10.1 Å². The molecular weight excluding hydrogens is 250 g/mol. The largest absolute Gasteiger partial charge is 0.388 e. The Morgan fingerprint density at radius 3 is 2.78 bits per heavy atom. The summed E-state index contributed by atoms with van der Waals surface area (Å²) < 4.78 is 5.31. The molecule has 0 aliphatic carbocycles. The molecule has 0 radical (unpaired) electrons. The Labute approximate surface area is 113 Å². The lowest BCUT2D eigenvalue weighted by atomic mass is 10.1. The molecule has 0 saturated carbocycles. The Bertz CT molecular complexity index is 442. The molecule has 98 valence electrons. The van der Waals surface area contributed by atoms with Gasteiger partial charge in [-0.05, 0) is 25.1 Å². The molecule has 5 heteroatoms. The number of ether oxygens (including phenoxy) is 1. The molecule has 1 aliphatic heterocycles. The maximum atomic E-state index is 6.04. The molecule has 0 atom stereocenters. The van der Waals surface area contributed by atoms with E-state index in [0.717, 1.165) is 48.3 Å². The van der Waals surface area contributed by atoms with Gasteiger partial charge in [0.2, 0.25) is 0 Å². The van der Waals surface area contributed by atoms with Gasteiger partial charge in [0.25, 0.3) is 0 Å². The molecule has 0 unspecified atom stereocenters. The van der Waals surface area contributed by atoms with Crippen molar-refractivity contribution in [3.63, 3.8) is 0 Å². The van der Waals surface area contributed by atoms with Crippen molar-refractivity contribution >= 4 is 23.0 Å². The predicted octanol–water partition coefficient (Wildman–Crippen LogP) is 2.44. The smallest absolute Gasteiger partial charge is 0.0668 e. The molecule has 0 bridgehead atoms. The monoisotopic (exact) mass is 267 g/mol. The van der Waals surface area contributed by atoms with Crippen LogP contribution in [0.5, 0.6) is 0 Å². The number of nitrogens with zero attached hydrogens (tertiary/aromatic N) is 2. The fraction of sp³-hybridized carbons (Fsp3) is 0.462. The van der Waals surface area contributed by atoms with Crippen LogP contribution in [0.1, 0.15) is 12.5 Å². The summed E-state index contributed by atoms with van der Waals surface area (Å²) in [6.07, 6.45) is 0. The summed E-state index contributed by atoms with van der Waals surface area (Å²) in [6, 6.07) is 5.78. The van der Waals surface area contributed by atoms with Crippen LogP contribution in [-0.4, -0.2) is 44.1 Å². The second-order valence-corrected chi connectivity index (χ2v) is 4.63. The molecule has 1 N–H and O–H groups in total. The lowest BCUT2D eigenvalue weighted by Crippen LogP contribution is -2.33. The summed E-state index contributed by atoms with van der Waals surface area (Å²) >= 11 is 6.04. The fourth-order valence-corrected chi connectivity index (χ4v) is 2.13. The van der Waals surface area contributed by atoms with Gasteiger partial charge in [-0.3, -0.25) is 5.01 Å². The standard InChI is InChI=1S/C13H18ClN3O/c1-10(16-17-5-7-18-8-6-17)12-9-11(14)3-4-13(12)15-2/h3-4,9,15H,5-8H2,1-2H3/b16-10-. The maximum Gasteiger partial charge on any atom is 0.0668 e. The summed E-state index contributed by atoms with van der Waals surface area (Å²) in [7, 11) is 1.90. The Kier molecular flexibility index (Phi) is 4.44. The van der Waals surface area contributed by atoms with Crippen LogP contribution < -0.4 is 5.32 Å². The highest BCUT2D eigenvalue weighted by molar-refractivity contribution is 6.31. The topological polar surface area (TPSA) is 36.9 Å². The van der Waals surface area contributed by atoms with E-state index in [0.29, 0.717) is 0 Å². The quantitative estimate of drug-likeness (QED) is 0.855. The molecule has 2 rings (SSSR count). The molecule has 1 aliphatic rings. The van der Waals surface area contributed by atoms with Gasteiger partial charge in [0.1, 0.15) is 0 Å². The van der Waals surface area contributed by atoms with Crippen LogP contribution in [0.2, 0.25) is 5.02 Å². The van der Waals surface area contributed by atoms with E-state index in [9.17, 15) is 0 Å². The third-order valence-corrected chi connectivity index (χ3v) is 3.15. The highest BCUT2D eigenvalue weighted by Gasteiger charge is 2.10. The third-order valence-electron chi connectivity index (χ3n) is 2.92. The van der Waals surface area contributed by atoms with E-state index in [2.05, 4.69) is 10.4 Å². The van der Waals surface area contributed by atoms with E-state index in [-0.39, 0.29) is 0 Å². The lowest BCUT2D eigenvalue weighted by Gasteiger charge is -2.25. The van der Waals surface area contributed by atoms with Crippen molar-refractivity contribution in [2.45, 2.75) is 6.92 Å². The number of benzene rings is 1. The molecule has 1 saturated heterocycles. The normalized spacial score (nSPS) is 16.8. The van der Waals surface area contributed by atoms with Gasteiger partial charge in [0, 0.05) is 23.3 Å². The lowest BCUT2D eigenvalue weighted by molar-refractivity contribution is 0.0393. The van der Waals surface area contributed by atoms with Crippen molar-refractivity contribution in [2.75, 3.05) is 38.7 Å². The zero-order valence-corrected chi connectivity index (χ0v) is 11.5. The summed E-state index contributed by atoms with van der Waals surface area (Å²) in [5.74, 6) is 0. The van der Waals surface area contributed by atoms with Crippen molar-refractivity contribution in [3.8, 4) is 0 Å². The van der Waals surface area contributed by atoms with E-state index < -0.39 is 0 Å². The highest BCUT2D eigenvalue weighted by Crippen LogP contribution is 2.21. The van der Waals surface area contributed by atoms with Crippen LogP contribution in [0.3, 0.4) is 0 Å². The van der Waals surface area contributed by atoms with Crippen LogP contribution in [0.15, 0.2) is 23.3 Å². The SMILES string of the molecule is CNc1ccc(Cl)cc1/C(C)=N\N1CCOCC1. The van der Waals surface area contributed by atoms with Gasteiger partial charge in [0.15, 0.2) is 0 Å². The summed E-state index contributed by atoms with van der Waals surface area (Å²) in [5, 5.41) is 10.5. The van der Waals surface area contributed by atoms with Crippen LogP contribution >= 0.6 is 11.6 Å². The fourth-order valence-electron chi connectivity index (χ4n) is 1.95. The summed E-state index contributed by atoms with van der Waals surface area (Å²) in [6.45, 7) is 5.16. The molecule has 1 heterocycles. The maximum absolute atomic E-state index is 6.04. The first-order valence-corrected chi connectivity index (χ1v) is 6.44. The number of morpholine rings is 1. The van der Waals surface area contributed by atoms with Gasteiger partial charge in [-0.15, -0.1) is 0 Å². The molecule has 0 spiro atoms. The molecule has 1 aromatic carbocycles. The number of hydrogen-bond acceptors (Lipinski definition) is 4. The number of rotatable bonds is 3. The molecule has 18 heavy (non-hydrogen) atoms. The summed E-state index contributed by atoms with van der Waals surface area (Å²) in [5.41, 5.74) is 3.04. The second-order valence-electron chi connectivity index (χ2n) is 4.19. The van der Waals surface area contributed by atoms with Crippen LogP contribution in [0.25, 0.3) is 0 Å². The van der Waals surface area contributed by atoms with E-state index >= 15 is 0 Å². The first kappa shape index (κ1) is 13.2. The van der Waals surface area contributed by atoms with Crippen molar-refractivity contribution in [1.82, 2.24) is 5.01 Å². The zero-order chi connectivity index (χ0) is 13.0. The molecule has 0 aromatic heterocycles. The third kappa shape index (κ3) is 3.15. The number of nitrogens with one attached hydrogen (secondary N) is 1. The Morgan fingerprint density at radius 2 is 2.11 bits per heavy atom. The molecule has 1 fully saturated rings. The molecule has 4 nitrogen and oxygen atoms in total. The van der Waals surface area contributed by atoms with Crippen molar-refractivity contribution < 1.29 is 4.74 Å². The Morgan fingerprint density at radius 1 is 1.39 bits per heavy atom. The molecule has 1 aromatic rings. The average Bonchev–Trinajstić information content (AvgIpc) is 2.40. The minimum absolute atomic E-state index is 0.723. The van der Waals surface area contributed by atoms with Gasteiger partial charge in [-0.2, -0.15) is 5.10 Å². The minimum Gasteiger partial charge on any atom is -0.388 e. The predicted molar refractivity (Wildman–Crippen MR) is 75.6 cm³/mol. The van der Waals surface area contributed by atoms with Gasteiger partial charge in [-0.1, -0.05) is 11.6 Å². The van der Waals surface area contributed by atoms with E-state index in [1.807, 2.05) is 37.2 Å². The first-order chi connectivity index (χ1) is 8.70. The van der Waals surface area contributed by atoms with Gasteiger partial charge >= 0.3 is 0 Å². The van der Waals surface area contributed by atoms with Gasteiger partial charge in [-0.25, -0.2) is 0 Å².